The first-order chi connectivity index (χ1) is 9.41. The fourth-order valence-corrected chi connectivity index (χ4v) is 4.11. The summed E-state index contributed by atoms with van der Waals surface area (Å²) in [7, 11) is -4.25. The molecule has 0 aliphatic heterocycles. The van der Waals surface area contributed by atoms with Gasteiger partial charge in [0.15, 0.2) is 4.90 Å². The van der Waals surface area contributed by atoms with Gasteiger partial charge in [-0.05, 0) is 28.9 Å². The topological polar surface area (TPSA) is 72.2 Å². The molecule has 0 atom stereocenters. The van der Waals surface area contributed by atoms with Gasteiger partial charge in [-0.25, -0.2) is 21.9 Å². The lowest BCUT2D eigenvalue weighted by Gasteiger charge is -2.10. The predicted molar refractivity (Wildman–Crippen MR) is 77.0 cm³/mol. The average Bonchev–Trinajstić information content (AvgIpc) is 2.64. The lowest BCUT2D eigenvalue weighted by atomic mass is 10.0. The fourth-order valence-electron chi connectivity index (χ4n) is 2.94. The monoisotopic (exact) mass is 318 g/mol. The highest BCUT2D eigenvalue weighted by Crippen LogP contribution is 2.67. The Morgan fingerprint density at radius 1 is 1.14 bits per heavy atom. The third kappa shape index (κ3) is 2.53. The van der Waals surface area contributed by atoms with Crippen molar-refractivity contribution >= 4 is 15.7 Å². The van der Waals surface area contributed by atoms with Gasteiger partial charge in [-0.1, -0.05) is 27.7 Å². The first-order valence-corrected chi connectivity index (χ1v) is 8.14. The average molecular weight is 318 g/mol. The Kier molecular flexibility index (Phi) is 3.57. The summed E-state index contributed by atoms with van der Waals surface area (Å²) in [4.78, 5) is -0.979. The van der Waals surface area contributed by atoms with Crippen LogP contribution in [0.15, 0.2) is 17.0 Å². The van der Waals surface area contributed by atoms with E-state index in [0.29, 0.717) is 0 Å². The molecule has 2 rings (SSSR count). The Morgan fingerprint density at radius 3 is 1.95 bits per heavy atom. The van der Waals surface area contributed by atoms with Gasteiger partial charge in [0.2, 0.25) is 10.0 Å². The molecule has 0 bridgehead atoms. The normalized spacial score (nSPS) is 20.5. The number of benzene rings is 1. The molecule has 3 N–H and O–H groups in total. The SMILES string of the molecule is CC1(C)C(CNS(=O)(=O)c2c(F)cc(N)cc2F)C1(C)C. The fraction of sp³-hybridized carbons (Fsp3) is 0.571. The van der Waals surface area contributed by atoms with Crippen molar-refractivity contribution in [3.63, 3.8) is 0 Å². The maximum absolute atomic E-state index is 13.7. The molecule has 0 unspecified atom stereocenters. The molecule has 0 amide bonds. The summed E-state index contributed by atoms with van der Waals surface area (Å²) in [6, 6.07) is 1.59. The summed E-state index contributed by atoms with van der Waals surface area (Å²) in [5.74, 6) is -2.26. The van der Waals surface area contributed by atoms with Gasteiger partial charge in [0.1, 0.15) is 11.6 Å². The number of nitrogens with one attached hydrogen (secondary N) is 1. The molecule has 118 valence electrons. The maximum Gasteiger partial charge on any atom is 0.246 e. The minimum Gasteiger partial charge on any atom is -0.399 e. The lowest BCUT2D eigenvalue weighted by molar-refractivity contribution is 0.457. The lowest BCUT2D eigenvalue weighted by Crippen LogP contribution is -2.29. The predicted octanol–water partition coefficient (Wildman–Crippen LogP) is 2.51. The molecule has 0 aromatic heterocycles. The van der Waals surface area contributed by atoms with E-state index in [1.165, 1.54) is 0 Å². The largest absolute Gasteiger partial charge is 0.399 e. The van der Waals surface area contributed by atoms with Crippen LogP contribution in [-0.4, -0.2) is 15.0 Å². The van der Waals surface area contributed by atoms with Crippen LogP contribution in [0.3, 0.4) is 0 Å². The van der Waals surface area contributed by atoms with Crippen LogP contribution >= 0.6 is 0 Å². The molecule has 4 nitrogen and oxygen atoms in total. The van der Waals surface area contributed by atoms with E-state index in [1.807, 2.05) is 27.7 Å². The highest BCUT2D eigenvalue weighted by molar-refractivity contribution is 7.89. The molecule has 21 heavy (non-hydrogen) atoms. The first-order valence-electron chi connectivity index (χ1n) is 6.65. The summed E-state index contributed by atoms with van der Waals surface area (Å²) in [6.07, 6.45) is 0. The Bertz CT molecular complexity index is 647. The number of rotatable bonds is 4. The van der Waals surface area contributed by atoms with Crippen molar-refractivity contribution in [1.29, 1.82) is 0 Å². The van der Waals surface area contributed by atoms with Gasteiger partial charge in [0, 0.05) is 12.2 Å². The van der Waals surface area contributed by atoms with Crippen molar-refractivity contribution in [1.82, 2.24) is 4.72 Å². The zero-order valence-electron chi connectivity index (χ0n) is 12.5. The van der Waals surface area contributed by atoms with Crippen molar-refractivity contribution in [2.75, 3.05) is 12.3 Å². The summed E-state index contributed by atoms with van der Waals surface area (Å²) in [5.41, 5.74) is 5.08. The summed E-state index contributed by atoms with van der Waals surface area (Å²) < 4.78 is 53.9. The highest BCUT2D eigenvalue weighted by Gasteiger charge is 2.64. The van der Waals surface area contributed by atoms with Crippen LogP contribution < -0.4 is 10.5 Å². The van der Waals surface area contributed by atoms with Gasteiger partial charge >= 0.3 is 0 Å². The number of halogens is 2. The van der Waals surface area contributed by atoms with E-state index in [1.54, 1.807) is 0 Å². The molecule has 1 aliphatic rings. The summed E-state index contributed by atoms with van der Waals surface area (Å²) in [6.45, 7) is 8.30. The highest BCUT2D eigenvalue weighted by atomic mass is 32.2. The molecular formula is C14H20F2N2O2S. The second-order valence-corrected chi connectivity index (χ2v) is 8.37. The van der Waals surface area contributed by atoms with Crippen LogP contribution in [0.25, 0.3) is 0 Å². The zero-order valence-corrected chi connectivity index (χ0v) is 13.3. The second kappa shape index (κ2) is 4.64. The number of sulfonamides is 1. The van der Waals surface area contributed by atoms with Gasteiger partial charge in [-0.3, -0.25) is 0 Å². The van der Waals surface area contributed by atoms with E-state index in [4.69, 9.17) is 5.73 Å². The van der Waals surface area contributed by atoms with Crippen LogP contribution in [0.2, 0.25) is 0 Å². The molecule has 0 heterocycles. The third-order valence-corrected chi connectivity index (χ3v) is 6.56. The van der Waals surface area contributed by atoms with Crippen LogP contribution in [0.5, 0.6) is 0 Å². The molecule has 0 saturated heterocycles. The van der Waals surface area contributed by atoms with Crippen LogP contribution in [-0.2, 0) is 10.0 Å². The van der Waals surface area contributed by atoms with E-state index in [9.17, 15) is 17.2 Å². The van der Waals surface area contributed by atoms with E-state index in [2.05, 4.69) is 4.72 Å². The van der Waals surface area contributed by atoms with Gasteiger partial charge in [0.05, 0.1) is 0 Å². The standard InChI is InChI=1S/C14H20F2N2O2S/c1-13(2)11(14(13,3)4)7-18-21(19,20)12-9(15)5-8(17)6-10(12)16/h5-6,11,18H,7,17H2,1-4H3. The van der Waals surface area contributed by atoms with Gasteiger partial charge in [-0.2, -0.15) is 0 Å². The van der Waals surface area contributed by atoms with Crippen LogP contribution in [0.1, 0.15) is 27.7 Å². The van der Waals surface area contributed by atoms with Crippen molar-refractivity contribution in [2.24, 2.45) is 16.7 Å². The summed E-state index contributed by atoms with van der Waals surface area (Å²) >= 11 is 0. The molecule has 0 radical (unpaired) electrons. The Balaban J connectivity index is 2.22. The molecule has 0 spiro atoms. The van der Waals surface area contributed by atoms with Crippen LogP contribution in [0, 0.1) is 28.4 Å². The molecule has 1 aromatic rings. The van der Waals surface area contributed by atoms with E-state index in [-0.39, 0.29) is 29.0 Å². The Morgan fingerprint density at radius 2 is 1.57 bits per heavy atom. The molecule has 1 aliphatic carbocycles. The van der Waals surface area contributed by atoms with E-state index in [0.717, 1.165) is 12.1 Å². The summed E-state index contributed by atoms with van der Waals surface area (Å²) in [5, 5.41) is 0. The maximum atomic E-state index is 13.7. The number of hydrogen-bond donors (Lipinski definition) is 2. The minimum absolute atomic E-state index is 0.0201. The number of anilines is 1. The van der Waals surface area contributed by atoms with Crippen molar-refractivity contribution in [3.8, 4) is 0 Å². The number of nitrogens with two attached hydrogens (primary N) is 1. The molecular weight excluding hydrogens is 298 g/mol. The number of nitrogen functional groups attached to an aromatic ring is 1. The molecule has 7 heteroatoms. The van der Waals surface area contributed by atoms with Crippen LogP contribution in [0.4, 0.5) is 14.5 Å². The number of hydrogen-bond acceptors (Lipinski definition) is 3. The van der Waals surface area contributed by atoms with E-state index >= 15 is 0 Å². The Hall–Kier alpha value is -1.21. The zero-order chi connectivity index (χ0) is 16.2. The van der Waals surface area contributed by atoms with Crippen molar-refractivity contribution in [2.45, 2.75) is 32.6 Å². The van der Waals surface area contributed by atoms with Gasteiger partial charge in [0.25, 0.3) is 0 Å². The molecule has 1 saturated carbocycles. The smallest absolute Gasteiger partial charge is 0.246 e. The van der Waals surface area contributed by atoms with E-state index < -0.39 is 26.6 Å². The third-order valence-electron chi connectivity index (χ3n) is 5.09. The molecule has 1 aromatic carbocycles. The van der Waals surface area contributed by atoms with Crippen molar-refractivity contribution < 1.29 is 17.2 Å². The van der Waals surface area contributed by atoms with Gasteiger partial charge in [-0.15, -0.1) is 0 Å². The van der Waals surface area contributed by atoms with Crippen molar-refractivity contribution in [3.05, 3.63) is 23.8 Å². The minimum atomic E-state index is -4.25. The first kappa shape index (κ1) is 16.2. The van der Waals surface area contributed by atoms with Gasteiger partial charge < -0.3 is 5.73 Å². The second-order valence-electron chi connectivity index (χ2n) is 6.66. The Labute approximate surface area is 123 Å². The molecule has 1 fully saturated rings. The quantitative estimate of drug-likeness (QED) is 0.838.